The summed E-state index contributed by atoms with van der Waals surface area (Å²) < 4.78 is 0. The molecule has 0 unspecified atom stereocenters. The zero-order valence-electron chi connectivity index (χ0n) is 8.10. The van der Waals surface area contributed by atoms with Crippen LogP contribution in [0.25, 0.3) is 0 Å². The van der Waals surface area contributed by atoms with Crippen molar-refractivity contribution >= 4 is 5.91 Å². The number of carbonyl (C=O) groups excluding carboxylic acids is 1. The third kappa shape index (κ3) is 7.32. The van der Waals surface area contributed by atoms with Crippen LogP contribution < -0.4 is 5.32 Å². The topological polar surface area (TPSA) is 29.1 Å². The van der Waals surface area contributed by atoms with E-state index in [1.54, 1.807) is 6.08 Å². The molecule has 12 heavy (non-hydrogen) atoms. The number of hydrogen-bond acceptors (Lipinski definition) is 1. The van der Waals surface area contributed by atoms with Crippen molar-refractivity contribution < 1.29 is 4.79 Å². The van der Waals surface area contributed by atoms with E-state index in [0.29, 0.717) is 12.3 Å². The average Bonchev–Trinajstić information content (AvgIpc) is 2.00. The van der Waals surface area contributed by atoms with E-state index in [1.807, 2.05) is 0 Å². The van der Waals surface area contributed by atoms with Gasteiger partial charge in [0.15, 0.2) is 0 Å². The van der Waals surface area contributed by atoms with E-state index in [0.717, 1.165) is 19.4 Å². The first-order valence-corrected chi connectivity index (χ1v) is 4.54. The second kappa shape index (κ2) is 6.89. The average molecular weight is 169 g/mol. The number of hydrogen-bond donors (Lipinski definition) is 1. The normalized spacial score (nSPS) is 9.92. The highest BCUT2D eigenvalue weighted by Gasteiger charge is 1.98. The monoisotopic (exact) mass is 169 g/mol. The predicted molar refractivity (Wildman–Crippen MR) is 51.9 cm³/mol. The van der Waals surface area contributed by atoms with E-state index in [2.05, 4.69) is 25.7 Å². The number of carbonyl (C=O) groups is 1. The quantitative estimate of drug-likeness (QED) is 0.606. The predicted octanol–water partition coefficient (Wildman–Crippen LogP) is 2.11. The second-order valence-electron chi connectivity index (χ2n) is 3.36. The molecule has 0 atom stereocenters. The lowest BCUT2D eigenvalue weighted by molar-refractivity contribution is -0.121. The smallest absolute Gasteiger partial charge is 0.220 e. The molecule has 0 heterocycles. The van der Waals surface area contributed by atoms with E-state index >= 15 is 0 Å². The summed E-state index contributed by atoms with van der Waals surface area (Å²) in [5.41, 5.74) is 0. The molecule has 0 aromatic carbocycles. The first-order chi connectivity index (χ1) is 5.66. The van der Waals surface area contributed by atoms with Gasteiger partial charge in [-0.3, -0.25) is 4.79 Å². The second-order valence-corrected chi connectivity index (χ2v) is 3.36. The van der Waals surface area contributed by atoms with E-state index < -0.39 is 0 Å². The molecule has 0 aromatic rings. The largest absolute Gasteiger partial charge is 0.356 e. The summed E-state index contributed by atoms with van der Waals surface area (Å²) in [4.78, 5) is 11.0. The van der Waals surface area contributed by atoms with Gasteiger partial charge in [0, 0.05) is 13.0 Å². The molecule has 2 heteroatoms. The van der Waals surface area contributed by atoms with Gasteiger partial charge in [0.05, 0.1) is 0 Å². The number of allylic oxidation sites excluding steroid dienone is 1. The van der Waals surface area contributed by atoms with Crippen LogP contribution in [0.5, 0.6) is 0 Å². The Morgan fingerprint density at radius 1 is 1.58 bits per heavy atom. The number of nitrogens with one attached hydrogen (secondary N) is 1. The molecule has 2 nitrogen and oxygen atoms in total. The van der Waals surface area contributed by atoms with Crippen molar-refractivity contribution in [2.24, 2.45) is 5.92 Å². The molecule has 70 valence electrons. The van der Waals surface area contributed by atoms with Gasteiger partial charge in [-0.15, -0.1) is 6.58 Å². The summed E-state index contributed by atoms with van der Waals surface area (Å²) >= 11 is 0. The Bertz CT molecular complexity index is 141. The highest BCUT2D eigenvalue weighted by Crippen LogP contribution is 1.96. The highest BCUT2D eigenvalue weighted by atomic mass is 16.1. The summed E-state index contributed by atoms with van der Waals surface area (Å²) in [7, 11) is 0. The zero-order valence-corrected chi connectivity index (χ0v) is 8.10. The Labute approximate surface area is 75.0 Å². The van der Waals surface area contributed by atoms with Crippen LogP contribution in [0.4, 0.5) is 0 Å². The molecular formula is C10H19NO. The molecule has 0 fully saturated rings. The first-order valence-electron chi connectivity index (χ1n) is 4.54. The lowest BCUT2D eigenvalue weighted by Crippen LogP contribution is -2.24. The Hall–Kier alpha value is -0.790. The van der Waals surface area contributed by atoms with Crippen molar-refractivity contribution in [3.05, 3.63) is 12.7 Å². The fraction of sp³-hybridized carbons (Fsp3) is 0.700. The van der Waals surface area contributed by atoms with Crippen LogP contribution in [0.1, 0.15) is 33.1 Å². The number of amides is 1. The van der Waals surface area contributed by atoms with Crippen molar-refractivity contribution in [2.45, 2.75) is 33.1 Å². The summed E-state index contributed by atoms with van der Waals surface area (Å²) in [6.45, 7) is 8.66. The molecule has 0 saturated carbocycles. The van der Waals surface area contributed by atoms with Crippen molar-refractivity contribution in [1.82, 2.24) is 5.32 Å². The van der Waals surface area contributed by atoms with Crippen molar-refractivity contribution in [2.75, 3.05) is 6.54 Å². The van der Waals surface area contributed by atoms with Crippen molar-refractivity contribution in [3.63, 3.8) is 0 Å². The molecule has 1 N–H and O–H groups in total. The minimum Gasteiger partial charge on any atom is -0.356 e. The van der Waals surface area contributed by atoms with Gasteiger partial charge in [0.2, 0.25) is 5.91 Å². The fourth-order valence-electron chi connectivity index (χ4n) is 0.822. The molecule has 0 aliphatic heterocycles. The first kappa shape index (κ1) is 11.2. The SMILES string of the molecule is C=CCCC(=O)NCCC(C)C. The van der Waals surface area contributed by atoms with Crippen molar-refractivity contribution in [3.8, 4) is 0 Å². The van der Waals surface area contributed by atoms with Crippen LogP contribution in [-0.2, 0) is 4.79 Å². The lowest BCUT2D eigenvalue weighted by atomic mass is 10.1. The van der Waals surface area contributed by atoms with Crippen molar-refractivity contribution in [1.29, 1.82) is 0 Å². The minimum atomic E-state index is 0.135. The van der Waals surface area contributed by atoms with Gasteiger partial charge < -0.3 is 5.32 Å². The molecule has 0 spiro atoms. The molecule has 0 radical (unpaired) electrons. The van der Waals surface area contributed by atoms with Crippen LogP contribution in [-0.4, -0.2) is 12.5 Å². The molecule has 0 bridgehead atoms. The van der Waals surface area contributed by atoms with E-state index in [-0.39, 0.29) is 5.91 Å². The van der Waals surface area contributed by atoms with Gasteiger partial charge in [0.1, 0.15) is 0 Å². The molecule has 1 amide bonds. The maximum absolute atomic E-state index is 11.0. The third-order valence-corrected chi connectivity index (χ3v) is 1.62. The van der Waals surface area contributed by atoms with E-state index in [4.69, 9.17) is 0 Å². The van der Waals surface area contributed by atoms with Crippen LogP contribution in [0.3, 0.4) is 0 Å². The van der Waals surface area contributed by atoms with Gasteiger partial charge in [-0.2, -0.15) is 0 Å². The summed E-state index contributed by atoms with van der Waals surface area (Å²) in [6.07, 6.45) is 4.16. The molecule has 0 aromatic heterocycles. The molecule has 0 saturated heterocycles. The Balaban J connectivity index is 3.25. The summed E-state index contributed by atoms with van der Waals surface area (Å²) in [5, 5.41) is 2.86. The van der Waals surface area contributed by atoms with Gasteiger partial charge >= 0.3 is 0 Å². The fourth-order valence-corrected chi connectivity index (χ4v) is 0.822. The molecular weight excluding hydrogens is 150 g/mol. The standard InChI is InChI=1S/C10H19NO/c1-4-5-6-10(12)11-8-7-9(2)3/h4,9H,1,5-8H2,2-3H3,(H,11,12). The zero-order chi connectivity index (χ0) is 9.40. The summed E-state index contributed by atoms with van der Waals surface area (Å²) in [6, 6.07) is 0. The van der Waals surface area contributed by atoms with Crippen LogP contribution in [0.15, 0.2) is 12.7 Å². The lowest BCUT2D eigenvalue weighted by Gasteiger charge is -2.05. The third-order valence-electron chi connectivity index (χ3n) is 1.62. The highest BCUT2D eigenvalue weighted by molar-refractivity contribution is 5.75. The van der Waals surface area contributed by atoms with E-state index in [1.165, 1.54) is 0 Å². The Kier molecular flexibility index (Phi) is 6.44. The molecule has 0 aliphatic rings. The molecule has 0 aliphatic carbocycles. The number of rotatable bonds is 6. The van der Waals surface area contributed by atoms with Crippen LogP contribution in [0, 0.1) is 5.92 Å². The maximum Gasteiger partial charge on any atom is 0.220 e. The minimum absolute atomic E-state index is 0.135. The van der Waals surface area contributed by atoms with Crippen LogP contribution >= 0.6 is 0 Å². The Morgan fingerprint density at radius 2 is 2.25 bits per heavy atom. The maximum atomic E-state index is 11.0. The van der Waals surface area contributed by atoms with Gasteiger partial charge in [-0.05, 0) is 18.8 Å². The van der Waals surface area contributed by atoms with Gasteiger partial charge in [-0.1, -0.05) is 19.9 Å². The van der Waals surface area contributed by atoms with Gasteiger partial charge in [0.25, 0.3) is 0 Å². The van der Waals surface area contributed by atoms with Crippen LogP contribution in [0.2, 0.25) is 0 Å². The van der Waals surface area contributed by atoms with E-state index in [9.17, 15) is 4.79 Å². The molecule has 0 rings (SSSR count). The Morgan fingerprint density at radius 3 is 2.75 bits per heavy atom. The summed E-state index contributed by atoms with van der Waals surface area (Å²) in [5.74, 6) is 0.792. The van der Waals surface area contributed by atoms with Gasteiger partial charge in [-0.25, -0.2) is 0 Å².